The SMILES string of the molecule is CC(C)C[C@H](NC(=O)[C@@H](N)CCC(=O)O)C(=O)NCP(=O)(Oc1ccccc1)Oc1ccccc1. The molecule has 35 heavy (non-hydrogen) atoms. The standard InChI is InChI=1S/C24H32N3O7P/c1-17(2)15-21(27-23(30)20(25)13-14-22(28)29)24(31)26-16-35(32,33-18-9-5-3-6-10-18)34-19-11-7-4-8-12-19/h3-12,17,20-21H,13-16,25H2,1-2H3,(H,26,31)(H,27,30)(H,28,29)/t20-,21-/m0/s1. The van der Waals surface area contributed by atoms with Crippen molar-refractivity contribution < 1.29 is 33.1 Å². The molecule has 0 spiro atoms. The Morgan fingerprint density at radius 3 is 1.91 bits per heavy atom. The van der Waals surface area contributed by atoms with Crippen molar-refractivity contribution in [1.82, 2.24) is 10.6 Å². The number of rotatable bonds is 14. The van der Waals surface area contributed by atoms with E-state index in [2.05, 4.69) is 10.6 Å². The van der Waals surface area contributed by atoms with Gasteiger partial charge in [-0.2, -0.15) is 0 Å². The molecule has 0 heterocycles. The van der Waals surface area contributed by atoms with Crippen molar-refractivity contribution in [3.63, 3.8) is 0 Å². The molecule has 0 aliphatic rings. The number of nitrogens with two attached hydrogens (primary N) is 1. The van der Waals surface area contributed by atoms with Gasteiger partial charge < -0.3 is 30.5 Å². The molecule has 0 saturated heterocycles. The van der Waals surface area contributed by atoms with Gasteiger partial charge in [-0.05, 0) is 43.0 Å². The lowest BCUT2D eigenvalue weighted by Crippen LogP contribution is -2.52. The molecule has 0 fully saturated rings. The monoisotopic (exact) mass is 505 g/mol. The van der Waals surface area contributed by atoms with Crippen molar-refractivity contribution in [1.29, 1.82) is 0 Å². The number of carbonyl (C=O) groups is 3. The van der Waals surface area contributed by atoms with E-state index in [4.69, 9.17) is 19.9 Å². The molecule has 0 aromatic heterocycles. The van der Waals surface area contributed by atoms with Gasteiger partial charge >= 0.3 is 13.6 Å². The Morgan fingerprint density at radius 2 is 1.46 bits per heavy atom. The zero-order valence-electron chi connectivity index (χ0n) is 19.8. The lowest BCUT2D eigenvalue weighted by molar-refractivity contribution is -0.137. The molecule has 10 nitrogen and oxygen atoms in total. The topological polar surface area (TPSA) is 157 Å². The number of amides is 2. The van der Waals surface area contributed by atoms with Crippen LogP contribution in [0.2, 0.25) is 0 Å². The van der Waals surface area contributed by atoms with Crippen molar-refractivity contribution in [2.45, 2.75) is 45.2 Å². The zero-order valence-corrected chi connectivity index (χ0v) is 20.6. The van der Waals surface area contributed by atoms with Crippen molar-refractivity contribution in [3.8, 4) is 11.5 Å². The maximum absolute atomic E-state index is 13.6. The van der Waals surface area contributed by atoms with Gasteiger partial charge in [0.1, 0.15) is 23.8 Å². The van der Waals surface area contributed by atoms with Gasteiger partial charge in [0, 0.05) is 6.42 Å². The summed E-state index contributed by atoms with van der Waals surface area (Å²) in [5.41, 5.74) is 5.77. The van der Waals surface area contributed by atoms with Gasteiger partial charge in [-0.3, -0.25) is 14.4 Å². The molecule has 0 aliphatic carbocycles. The van der Waals surface area contributed by atoms with E-state index >= 15 is 0 Å². The van der Waals surface area contributed by atoms with Crippen LogP contribution >= 0.6 is 7.60 Å². The maximum atomic E-state index is 13.6. The van der Waals surface area contributed by atoms with Gasteiger partial charge in [0.2, 0.25) is 11.8 Å². The average Bonchev–Trinajstić information content (AvgIpc) is 2.81. The van der Waals surface area contributed by atoms with E-state index < -0.39 is 43.7 Å². The van der Waals surface area contributed by atoms with Crippen molar-refractivity contribution >= 4 is 25.4 Å². The Bertz CT molecular complexity index is 973. The lowest BCUT2D eigenvalue weighted by Gasteiger charge is -2.24. The number of benzene rings is 2. The highest BCUT2D eigenvalue weighted by Crippen LogP contribution is 2.47. The molecule has 5 N–H and O–H groups in total. The van der Waals surface area contributed by atoms with Crippen molar-refractivity contribution in [2.24, 2.45) is 11.7 Å². The minimum atomic E-state index is -3.90. The third-order valence-electron chi connectivity index (χ3n) is 4.77. The van der Waals surface area contributed by atoms with E-state index in [-0.39, 0.29) is 25.2 Å². The summed E-state index contributed by atoms with van der Waals surface area (Å²) in [6.07, 6.45) is -0.507. The lowest BCUT2D eigenvalue weighted by atomic mass is 10.0. The smallest absolute Gasteiger partial charge is 0.449 e. The van der Waals surface area contributed by atoms with Crippen LogP contribution in [0.25, 0.3) is 0 Å². The molecule has 2 rings (SSSR count). The highest BCUT2D eigenvalue weighted by atomic mass is 31.2. The largest absolute Gasteiger partial charge is 0.481 e. The van der Waals surface area contributed by atoms with E-state index in [1.54, 1.807) is 60.7 Å². The number of hydrogen-bond acceptors (Lipinski definition) is 7. The summed E-state index contributed by atoms with van der Waals surface area (Å²) in [4.78, 5) is 36.1. The second-order valence-electron chi connectivity index (χ2n) is 8.35. The Balaban J connectivity index is 2.11. The number of hydrogen-bond donors (Lipinski definition) is 4. The Kier molecular flexibility index (Phi) is 10.8. The van der Waals surface area contributed by atoms with E-state index in [0.29, 0.717) is 11.5 Å². The number of nitrogens with one attached hydrogen (secondary N) is 2. The first-order valence-electron chi connectivity index (χ1n) is 11.2. The van der Waals surface area contributed by atoms with Crippen molar-refractivity contribution in [2.75, 3.05) is 6.29 Å². The van der Waals surface area contributed by atoms with Crippen LogP contribution in [0.4, 0.5) is 0 Å². The van der Waals surface area contributed by atoms with Crippen LogP contribution in [-0.2, 0) is 18.9 Å². The summed E-state index contributed by atoms with van der Waals surface area (Å²) < 4.78 is 24.9. The number of carboxylic acids is 1. The van der Waals surface area contributed by atoms with Crippen LogP contribution in [0.15, 0.2) is 60.7 Å². The number of carbonyl (C=O) groups excluding carboxylic acids is 2. The summed E-state index contributed by atoms with van der Waals surface area (Å²) >= 11 is 0. The zero-order chi connectivity index (χ0) is 25.8. The summed E-state index contributed by atoms with van der Waals surface area (Å²) in [6, 6.07) is 14.8. The second kappa shape index (κ2) is 13.5. The molecular weight excluding hydrogens is 473 g/mol. The number of para-hydroxylation sites is 2. The molecule has 11 heteroatoms. The molecular formula is C24H32N3O7P. The van der Waals surface area contributed by atoms with E-state index in [1.807, 2.05) is 13.8 Å². The van der Waals surface area contributed by atoms with Crippen LogP contribution in [0.3, 0.4) is 0 Å². The number of carboxylic acid groups (broad SMARTS) is 1. The molecule has 2 aromatic carbocycles. The molecule has 2 amide bonds. The third kappa shape index (κ3) is 10.2. The average molecular weight is 506 g/mol. The van der Waals surface area contributed by atoms with Crippen LogP contribution < -0.4 is 25.4 Å². The minimum Gasteiger partial charge on any atom is -0.481 e. The van der Waals surface area contributed by atoms with Gasteiger partial charge in [0.05, 0.1) is 6.04 Å². The van der Waals surface area contributed by atoms with Crippen LogP contribution in [0, 0.1) is 5.92 Å². The fraction of sp³-hybridized carbons (Fsp3) is 0.375. The fourth-order valence-corrected chi connectivity index (χ4v) is 4.46. The van der Waals surface area contributed by atoms with Gasteiger partial charge in [0.25, 0.3) is 0 Å². The van der Waals surface area contributed by atoms with E-state index in [1.165, 1.54) is 0 Å². The molecule has 0 radical (unpaired) electrons. The van der Waals surface area contributed by atoms with Gasteiger partial charge in [-0.25, -0.2) is 4.57 Å². The molecule has 0 saturated carbocycles. The highest BCUT2D eigenvalue weighted by molar-refractivity contribution is 7.54. The molecule has 0 aliphatic heterocycles. The van der Waals surface area contributed by atoms with Crippen LogP contribution in [0.1, 0.15) is 33.1 Å². The Hall–Kier alpha value is -3.36. The van der Waals surface area contributed by atoms with Crippen molar-refractivity contribution in [3.05, 3.63) is 60.7 Å². The van der Waals surface area contributed by atoms with Gasteiger partial charge in [-0.1, -0.05) is 50.2 Å². The first-order chi connectivity index (χ1) is 16.6. The Labute approximate surface area is 204 Å². The molecule has 190 valence electrons. The predicted octanol–water partition coefficient (Wildman–Crippen LogP) is 3.13. The second-order valence-corrected chi connectivity index (χ2v) is 10.3. The first kappa shape index (κ1) is 27.9. The third-order valence-corrected chi connectivity index (χ3v) is 6.29. The fourth-order valence-electron chi connectivity index (χ4n) is 3.06. The quantitative estimate of drug-likeness (QED) is 0.285. The van der Waals surface area contributed by atoms with Crippen LogP contribution in [-0.4, -0.2) is 41.3 Å². The normalized spacial score (nSPS) is 12.9. The van der Waals surface area contributed by atoms with E-state index in [9.17, 15) is 18.9 Å². The number of aliphatic carboxylic acids is 1. The van der Waals surface area contributed by atoms with Gasteiger partial charge in [-0.15, -0.1) is 0 Å². The van der Waals surface area contributed by atoms with E-state index in [0.717, 1.165) is 0 Å². The molecule has 0 unspecified atom stereocenters. The predicted molar refractivity (Wildman–Crippen MR) is 131 cm³/mol. The molecule has 2 atom stereocenters. The molecule has 2 aromatic rings. The summed E-state index contributed by atoms with van der Waals surface area (Å²) in [6.45, 7) is 3.75. The highest BCUT2D eigenvalue weighted by Gasteiger charge is 2.32. The summed E-state index contributed by atoms with van der Waals surface area (Å²) in [7, 11) is -3.90. The molecule has 0 bridgehead atoms. The summed E-state index contributed by atoms with van der Waals surface area (Å²) in [5.74, 6) is -1.66. The van der Waals surface area contributed by atoms with Gasteiger partial charge in [0.15, 0.2) is 0 Å². The minimum absolute atomic E-state index is 0.0363. The van der Waals surface area contributed by atoms with Crippen LogP contribution in [0.5, 0.6) is 11.5 Å². The Morgan fingerprint density at radius 1 is 0.943 bits per heavy atom. The first-order valence-corrected chi connectivity index (χ1v) is 12.9. The maximum Gasteiger partial charge on any atom is 0.449 e. The summed E-state index contributed by atoms with van der Waals surface area (Å²) in [5, 5.41) is 13.9.